The normalized spacial score (nSPS) is 11.8. The number of hydrogen-bond acceptors (Lipinski definition) is 0. The van der Waals surface area contributed by atoms with Gasteiger partial charge in [-0.1, -0.05) is 12.1 Å². The Labute approximate surface area is 128 Å². The van der Waals surface area contributed by atoms with Gasteiger partial charge in [-0.15, -0.1) is 9.36 Å². The summed E-state index contributed by atoms with van der Waals surface area (Å²) < 4.78 is 4.20. The topological polar surface area (TPSA) is 17.5 Å². The van der Waals surface area contributed by atoms with Gasteiger partial charge >= 0.3 is 0 Å². The van der Waals surface area contributed by atoms with Crippen LogP contribution in [0.25, 0.3) is 26.3 Å². The van der Waals surface area contributed by atoms with Crippen LogP contribution in [0.2, 0.25) is 0 Å². The van der Waals surface area contributed by atoms with Gasteiger partial charge in [-0.25, -0.2) is 4.85 Å². The Morgan fingerprint density at radius 1 is 1.09 bits per heavy atom. The van der Waals surface area contributed by atoms with Crippen molar-refractivity contribution in [3.63, 3.8) is 0 Å². The molecule has 0 aliphatic carbocycles. The van der Waals surface area contributed by atoms with Crippen LogP contribution in [0.15, 0.2) is 30.5 Å². The minimum Gasteiger partial charge on any atom is -0.250 e. The molecule has 3 aromatic rings. The zero-order chi connectivity index (χ0) is 15.4. The number of benzene rings is 2. The van der Waals surface area contributed by atoms with Gasteiger partial charge in [0.05, 0.1) is 18.5 Å². The zero-order valence-corrected chi connectivity index (χ0v) is 12.4. The molecule has 0 saturated carbocycles. The maximum absolute atomic E-state index is 7.49. The fraction of sp³-hybridized carbons (Fsp3) is 0.167. The molecule has 1 aromatic heterocycles. The molecule has 0 N–H and O–H groups in total. The van der Waals surface area contributed by atoms with Crippen molar-refractivity contribution >= 4 is 22.3 Å². The summed E-state index contributed by atoms with van der Waals surface area (Å²) in [6.07, 6.45) is 2.06. The Hall–Kier alpha value is -3.11. The highest BCUT2D eigenvalue weighted by atomic mass is 15.4. The minimum atomic E-state index is 0.418. The van der Waals surface area contributed by atoms with Crippen molar-refractivity contribution in [2.24, 2.45) is 0 Å². The van der Waals surface area contributed by atoms with Gasteiger partial charge in [0.15, 0.2) is 12.2 Å². The van der Waals surface area contributed by atoms with E-state index in [0.29, 0.717) is 11.4 Å². The van der Waals surface area contributed by atoms with Gasteiger partial charge in [0.25, 0.3) is 0 Å². The molecule has 2 aromatic carbocycles. The van der Waals surface area contributed by atoms with Crippen molar-refractivity contribution in [1.82, 2.24) is 4.68 Å². The minimum absolute atomic E-state index is 0.418. The van der Waals surface area contributed by atoms with Gasteiger partial charge in [0.2, 0.25) is 11.9 Å². The molecule has 4 rings (SSSR count). The van der Waals surface area contributed by atoms with E-state index in [4.69, 9.17) is 13.1 Å². The van der Waals surface area contributed by atoms with Gasteiger partial charge < -0.3 is 0 Å². The highest BCUT2D eigenvalue weighted by Gasteiger charge is 2.30. The van der Waals surface area contributed by atoms with Crippen LogP contribution in [0.3, 0.4) is 0 Å². The van der Waals surface area contributed by atoms with E-state index in [1.807, 2.05) is 6.07 Å². The molecule has 22 heavy (non-hydrogen) atoms. The lowest BCUT2D eigenvalue weighted by atomic mass is 10.0. The van der Waals surface area contributed by atoms with Gasteiger partial charge in [-0.3, -0.25) is 4.85 Å². The van der Waals surface area contributed by atoms with Gasteiger partial charge in [-0.2, -0.15) is 0 Å². The smallest absolute Gasteiger partial charge is 0.224 e. The molecule has 2 heterocycles. The summed E-state index contributed by atoms with van der Waals surface area (Å²) in [7, 11) is 0. The van der Waals surface area contributed by atoms with Crippen LogP contribution >= 0.6 is 0 Å². The third-order valence-electron chi connectivity index (χ3n) is 4.41. The second-order valence-electron chi connectivity index (χ2n) is 5.70. The van der Waals surface area contributed by atoms with Crippen LogP contribution in [0.4, 0.5) is 11.4 Å². The highest BCUT2D eigenvalue weighted by molar-refractivity contribution is 5.99. The standard InChI is InChI=1S/C18H13N4/c1-11-7-14-10-21-9-13-5-6-15(19-3)17(20-4)18(13)22(21)16(14)8-12(11)2/h5-9H,10H2,1-2H3/q+1. The monoisotopic (exact) mass is 285 g/mol. The molecular weight excluding hydrogens is 272 g/mol. The molecule has 0 fully saturated rings. The van der Waals surface area contributed by atoms with Gasteiger partial charge in [0.1, 0.15) is 11.2 Å². The average Bonchev–Trinajstić information content (AvgIpc) is 3.02. The molecule has 4 nitrogen and oxygen atoms in total. The Bertz CT molecular complexity index is 1040. The summed E-state index contributed by atoms with van der Waals surface area (Å²) in [5.41, 5.74) is 6.59. The molecule has 0 radical (unpaired) electrons. The van der Waals surface area contributed by atoms with Crippen molar-refractivity contribution in [1.29, 1.82) is 0 Å². The molecule has 0 amide bonds. The van der Waals surface area contributed by atoms with Gasteiger partial charge in [-0.05, 0) is 37.1 Å². The van der Waals surface area contributed by atoms with Crippen LogP contribution in [0.1, 0.15) is 16.7 Å². The van der Waals surface area contributed by atoms with Crippen molar-refractivity contribution in [3.8, 4) is 5.69 Å². The van der Waals surface area contributed by atoms with Crippen LogP contribution < -0.4 is 4.68 Å². The van der Waals surface area contributed by atoms with Crippen LogP contribution in [0.5, 0.6) is 0 Å². The van der Waals surface area contributed by atoms with Crippen molar-refractivity contribution < 1.29 is 4.68 Å². The Balaban J connectivity index is 2.15. The molecule has 1 aliphatic heterocycles. The Kier molecular flexibility index (Phi) is 2.40. The molecule has 104 valence electrons. The first-order chi connectivity index (χ1) is 10.6. The number of rotatable bonds is 0. The summed E-state index contributed by atoms with van der Waals surface area (Å²) in [6, 6.07) is 8.05. The van der Waals surface area contributed by atoms with Crippen molar-refractivity contribution in [3.05, 3.63) is 70.0 Å². The number of fused-ring (bicyclic) bond motifs is 5. The predicted octanol–water partition coefficient (Wildman–Crippen LogP) is 4.00. The lowest BCUT2D eigenvalue weighted by Crippen LogP contribution is -2.36. The zero-order valence-electron chi connectivity index (χ0n) is 12.4. The fourth-order valence-corrected chi connectivity index (χ4v) is 3.19. The summed E-state index contributed by atoms with van der Waals surface area (Å²) in [5.74, 6) is 0. The molecule has 0 unspecified atom stereocenters. The van der Waals surface area contributed by atoms with Crippen molar-refractivity contribution in [2.75, 3.05) is 0 Å². The molecular formula is C18H13N4+. The van der Waals surface area contributed by atoms with E-state index in [2.05, 4.69) is 51.2 Å². The van der Waals surface area contributed by atoms with E-state index in [-0.39, 0.29) is 0 Å². The second-order valence-corrected chi connectivity index (χ2v) is 5.70. The molecule has 0 atom stereocenters. The first-order valence-electron chi connectivity index (χ1n) is 7.07. The number of nitrogens with zero attached hydrogens (tertiary/aromatic N) is 4. The molecule has 4 heteroatoms. The molecule has 1 aliphatic rings. The van der Waals surface area contributed by atoms with E-state index in [0.717, 1.165) is 23.1 Å². The maximum Gasteiger partial charge on any atom is 0.224 e. The van der Waals surface area contributed by atoms with E-state index in [1.54, 1.807) is 6.07 Å². The first-order valence-corrected chi connectivity index (χ1v) is 7.07. The lowest BCUT2D eigenvalue weighted by Gasteiger charge is -2.04. The summed E-state index contributed by atoms with van der Waals surface area (Å²) in [4.78, 5) is 7.13. The number of aromatic nitrogens is 2. The molecule has 0 spiro atoms. The first kappa shape index (κ1) is 12.6. The SMILES string of the molecule is [C-]#[N+]c1ccc2c[n+]3n(c2c1[N+]#[C-])-c1cc(C)c(C)cc1C3. The quantitative estimate of drug-likeness (QED) is 0.343. The van der Waals surface area contributed by atoms with E-state index >= 15 is 0 Å². The molecule has 0 saturated heterocycles. The van der Waals surface area contributed by atoms with Gasteiger partial charge in [0, 0.05) is 5.56 Å². The average molecular weight is 285 g/mol. The third-order valence-corrected chi connectivity index (χ3v) is 4.41. The molecule has 0 bridgehead atoms. The van der Waals surface area contributed by atoms with Crippen LogP contribution in [-0.2, 0) is 6.54 Å². The Morgan fingerprint density at radius 2 is 1.86 bits per heavy atom. The number of aryl methyl sites for hydroxylation is 2. The fourth-order valence-electron chi connectivity index (χ4n) is 3.19. The lowest BCUT2D eigenvalue weighted by molar-refractivity contribution is -0.749. The summed E-state index contributed by atoms with van der Waals surface area (Å²) >= 11 is 0. The highest BCUT2D eigenvalue weighted by Crippen LogP contribution is 2.38. The van der Waals surface area contributed by atoms with E-state index in [9.17, 15) is 0 Å². The largest absolute Gasteiger partial charge is 0.250 e. The Morgan fingerprint density at radius 3 is 2.59 bits per heavy atom. The summed E-state index contributed by atoms with van der Waals surface area (Å²) in [5, 5.41) is 1.00. The predicted molar refractivity (Wildman–Crippen MR) is 84.6 cm³/mol. The van der Waals surface area contributed by atoms with E-state index < -0.39 is 0 Å². The number of hydrogen-bond donors (Lipinski definition) is 0. The second kappa shape index (κ2) is 4.19. The maximum atomic E-state index is 7.49. The summed E-state index contributed by atoms with van der Waals surface area (Å²) in [6.45, 7) is 19.8. The third kappa shape index (κ3) is 1.47. The van der Waals surface area contributed by atoms with E-state index in [1.165, 1.54) is 16.7 Å². The van der Waals surface area contributed by atoms with Crippen molar-refractivity contribution in [2.45, 2.75) is 20.4 Å². The van der Waals surface area contributed by atoms with Crippen LogP contribution in [-0.4, -0.2) is 4.68 Å². The van der Waals surface area contributed by atoms with Crippen LogP contribution in [0, 0.1) is 27.0 Å².